The van der Waals surface area contributed by atoms with Crippen LogP contribution in [0.1, 0.15) is 34.6 Å². The Morgan fingerprint density at radius 2 is 1.76 bits per heavy atom. The van der Waals surface area contributed by atoms with Gasteiger partial charge >= 0.3 is 0 Å². The maximum atomic E-state index is 12.6. The van der Waals surface area contributed by atoms with Gasteiger partial charge < -0.3 is 15.0 Å². The highest BCUT2D eigenvalue weighted by Gasteiger charge is 2.33. The van der Waals surface area contributed by atoms with E-state index in [0.717, 1.165) is 15.7 Å². The molecule has 2 amide bonds. The highest BCUT2D eigenvalue weighted by atomic mass is 79.9. The maximum absolute atomic E-state index is 12.6. The molecule has 8 heteroatoms. The first kappa shape index (κ1) is 22.5. The van der Waals surface area contributed by atoms with Gasteiger partial charge in [-0.05, 0) is 54.6 Å². The number of hydrogen-bond donors (Lipinski definition) is 1. The molecule has 0 bridgehead atoms. The number of ether oxygens (including phenoxy) is 1. The lowest BCUT2D eigenvalue weighted by Crippen LogP contribution is -2.25. The van der Waals surface area contributed by atoms with Crippen LogP contribution in [-0.4, -0.2) is 36.8 Å². The zero-order valence-corrected chi connectivity index (χ0v) is 20.0. The monoisotopic (exact) mass is 506 g/mol. The van der Waals surface area contributed by atoms with Gasteiger partial charge in [0.25, 0.3) is 5.91 Å². The third kappa shape index (κ3) is 5.06. The summed E-state index contributed by atoms with van der Waals surface area (Å²) in [7, 11) is 3.93. The lowest BCUT2D eigenvalue weighted by Gasteiger charge is -2.20. The Morgan fingerprint density at radius 3 is 2.42 bits per heavy atom. The largest absolute Gasteiger partial charge is 0.446 e. The lowest BCUT2D eigenvalue weighted by atomic mass is 10.1. The molecule has 3 aromatic carbocycles. The fourth-order valence-corrected chi connectivity index (χ4v) is 3.80. The zero-order chi connectivity index (χ0) is 23.5. The van der Waals surface area contributed by atoms with Gasteiger partial charge in [0.15, 0.2) is 0 Å². The summed E-state index contributed by atoms with van der Waals surface area (Å²) in [4.78, 5) is 26.9. The number of carbonyl (C=O) groups is 2. The van der Waals surface area contributed by atoms with Gasteiger partial charge in [-0.3, -0.25) is 9.59 Å². The molecule has 0 fully saturated rings. The van der Waals surface area contributed by atoms with Gasteiger partial charge in [0.1, 0.15) is 0 Å². The second-order valence-electron chi connectivity index (χ2n) is 7.77. The first-order valence-corrected chi connectivity index (χ1v) is 11.1. The summed E-state index contributed by atoms with van der Waals surface area (Å²) in [5.41, 5.74) is 3.64. The van der Waals surface area contributed by atoms with Crippen LogP contribution >= 0.6 is 15.9 Å². The number of benzene rings is 3. The zero-order valence-electron chi connectivity index (χ0n) is 18.4. The van der Waals surface area contributed by atoms with Crippen molar-refractivity contribution in [2.24, 2.45) is 5.10 Å². The number of rotatable bonds is 5. The van der Waals surface area contributed by atoms with Crippen LogP contribution in [0.5, 0.6) is 0 Å². The second-order valence-corrected chi connectivity index (χ2v) is 8.69. The number of nitrogens with one attached hydrogen (secondary N) is 1. The van der Waals surface area contributed by atoms with Crippen molar-refractivity contribution in [2.45, 2.75) is 13.2 Å². The molecule has 4 rings (SSSR count). The Kier molecular flexibility index (Phi) is 6.46. The fraction of sp³-hybridized carbons (Fsp3) is 0.160. The Bertz CT molecular complexity index is 1220. The molecule has 0 spiro atoms. The Morgan fingerprint density at radius 1 is 1.03 bits per heavy atom. The molecule has 0 aromatic heterocycles. The normalized spacial score (nSPS) is 15.0. The van der Waals surface area contributed by atoms with E-state index in [1.807, 2.05) is 55.4 Å². The lowest BCUT2D eigenvalue weighted by molar-refractivity contribution is -0.135. The molecule has 0 saturated carbocycles. The van der Waals surface area contributed by atoms with Crippen LogP contribution in [0.15, 0.2) is 82.4 Å². The van der Waals surface area contributed by atoms with E-state index < -0.39 is 6.23 Å². The van der Waals surface area contributed by atoms with Crippen molar-refractivity contribution in [1.29, 1.82) is 0 Å². The minimum Gasteiger partial charge on any atom is -0.446 e. The first-order valence-electron chi connectivity index (χ1n) is 10.3. The van der Waals surface area contributed by atoms with Crippen molar-refractivity contribution in [1.82, 2.24) is 5.01 Å². The molecular formula is C25H23BrN4O3. The van der Waals surface area contributed by atoms with Crippen molar-refractivity contribution in [3.8, 4) is 0 Å². The summed E-state index contributed by atoms with van der Waals surface area (Å²) in [6, 6.07) is 22.1. The first-order chi connectivity index (χ1) is 15.8. The summed E-state index contributed by atoms with van der Waals surface area (Å²) in [6.45, 7) is 1.44. The van der Waals surface area contributed by atoms with Crippen LogP contribution in [0.2, 0.25) is 0 Å². The number of halogens is 1. The summed E-state index contributed by atoms with van der Waals surface area (Å²) >= 11 is 3.38. The topological polar surface area (TPSA) is 74.2 Å². The summed E-state index contributed by atoms with van der Waals surface area (Å²) < 4.78 is 6.91. The van der Waals surface area contributed by atoms with E-state index in [1.165, 1.54) is 11.9 Å². The summed E-state index contributed by atoms with van der Waals surface area (Å²) in [6.07, 6.45) is -0.728. The standard InChI is InChI=1S/C25H23BrN4O3/c1-16(31)30-25(33-24(28-30)17-10-12-22(13-11-17)29(2)3)19-7-5-9-21(15-19)27-23(32)18-6-4-8-20(26)14-18/h4-15,25H,1-3H3,(H,27,32)/t25-/m1/s1. The van der Waals surface area contributed by atoms with Crippen LogP contribution in [0.4, 0.5) is 11.4 Å². The predicted molar refractivity (Wildman–Crippen MR) is 132 cm³/mol. The van der Waals surface area contributed by atoms with E-state index in [1.54, 1.807) is 36.4 Å². The van der Waals surface area contributed by atoms with Gasteiger partial charge in [0.2, 0.25) is 18.0 Å². The van der Waals surface area contributed by atoms with Crippen LogP contribution in [0.25, 0.3) is 0 Å². The second kappa shape index (κ2) is 9.46. The van der Waals surface area contributed by atoms with Gasteiger partial charge in [-0.2, -0.15) is 5.01 Å². The Hall–Kier alpha value is -3.65. The van der Waals surface area contributed by atoms with Crippen molar-refractivity contribution in [3.63, 3.8) is 0 Å². The number of carbonyl (C=O) groups excluding carboxylic acids is 2. The minimum atomic E-state index is -0.728. The molecule has 0 saturated heterocycles. The van der Waals surface area contributed by atoms with E-state index in [0.29, 0.717) is 22.7 Å². The van der Waals surface area contributed by atoms with Crippen molar-refractivity contribution in [2.75, 3.05) is 24.3 Å². The number of amides is 2. The number of anilines is 2. The van der Waals surface area contributed by atoms with E-state index in [2.05, 4.69) is 26.3 Å². The minimum absolute atomic E-state index is 0.234. The van der Waals surface area contributed by atoms with E-state index in [-0.39, 0.29) is 11.8 Å². The van der Waals surface area contributed by atoms with Crippen molar-refractivity contribution >= 4 is 45.0 Å². The number of hydrazone groups is 1. The molecule has 168 valence electrons. The van der Waals surface area contributed by atoms with Crippen molar-refractivity contribution in [3.05, 3.63) is 94.0 Å². The molecule has 1 heterocycles. The van der Waals surface area contributed by atoms with Crippen LogP contribution in [0.3, 0.4) is 0 Å². The number of hydrogen-bond acceptors (Lipinski definition) is 5. The third-order valence-electron chi connectivity index (χ3n) is 5.11. The Balaban J connectivity index is 1.55. The van der Waals surface area contributed by atoms with Gasteiger partial charge in [0.05, 0.1) is 0 Å². The molecule has 3 aromatic rings. The molecule has 1 aliphatic heterocycles. The van der Waals surface area contributed by atoms with Gasteiger partial charge in [-0.15, -0.1) is 5.10 Å². The molecule has 1 aliphatic rings. The summed E-state index contributed by atoms with van der Waals surface area (Å²) in [5, 5.41) is 8.61. The highest BCUT2D eigenvalue weighted by molar-refractivity contribution is 9.10. The Labute approximate surface area is 200 Å². The van der Waals surface area contributed by atoms with E-state index in [9.17, 15) is 9.59 Å². The molecule has 1 atom stereocenters. The molecule has 0 aliphatic carbocycles. The quantitative estimate of drug-likeness (QED) is 0.527. The molecule has 33 heavy (non-hydrogen) atoms. The molecule has 0 radical (unpaired) electrons. The molecule has 7 nitrogen and oxygen atoms in total. The average Bonchev–Trinajstić information content (AvgIpc) is 3.25. The average molecular weight is 507 g/mol. The van der Waals surface area contributed by atoms with Gasteiger partial charge in [-0.1, -0.05) is 34.1 Å². The predicted octanol–water partition coefficient (Wildman–Crippen LogP) is 5.01. The van der Waals surface area contributed by atoms with Crippen LogP contribution < -0.4 is 10.2 Å². The van der Waals surface area contributed by atoms with Crippen molar-refractivity contribution < 1.29 is 14.3 Å². The van der Waals surface area contributed by atoms with Crippen LogP contribution in [0, 0.1) is 0 Å². The SMILES string of the molecule is CC(=O)N1N=C(c2ccc(N(C)C)cc2)O[C@@H]1c1cccc(NC(=O)c2cccc(Br)c2)c1. The summed E-state index contributed by atoms with van der Waals surface area (Å²) in [5.74, 6) is -0.116. The third-order valence-corrected chi connectivity index (χ3v) is 5.61. The highest BCUT2D eigenvalue weighted by Crippen LogP contribution is 2.32. The molecule has 1 N–H and O–H groups in total. The smallest absolute Gasteiger partial charge is 0.255 e. The van der Waals surface area contributed by atoms with Gasteiger partial charge in [-0.25, -0.2) is 0 Å². The van der Waals surface area contributed by atoms with E-state index in [4.69, 9.17) is 4.74 Å². The maximum Gasteiger partial charge on any atom is 0.255 e. The molecular weight excluding hydrogens is 484 g/mol. The number of nitrogens with zero attached hydrogens (tertiary/aromatic N) is 3. The van der Waals surface area contributed by atoms with Crippen LogP contribution in [-0.2, 0) is 9.53 Å². The molecule has 0 unspecified atom stereocenters. The van der Waals surface area contributed by atoms with E-state index >= 15 is 0 Å². The van der Waals surface area contributed by atoms with Gasteiger partial charge in [0, 0.05) is 53.6 Å². The fourth-order valence-electron chi connectivity index (χ4n) is 3.41.